The number of urea groups is 1. The molecule has 2 N–H and O–H groups in total. The van der Waals surface area contributed by atoms with E-state index >= 15 is 0 Å². The van der Waals surface area contributed by atoms with Crippen molar-refractivity contribution >= 4 is 16.1 Å². The van der Waals surface area contributed by atoms with Crippen molar-refractivity contribution in [1.82, 2.24) is 14.9 Å². The maximum atomic E-state index is 12.2. The number of nitrogens with one attached hydrogen (secondary N) is 2. The average molecular weight is 339 g/mol. The van der Waals surface area contributed by atoms with Gasteiger partial charge in [-0.3, -0.25) is 0 Å². The Morgan fingerprint density at radius 2 is 2.09 bits per heavy atom. The molecule has 0 bridgehead atoms. The molecule has 1 heterocycles. The van der Waals surface area contributed by atoms with E-state index in [2.05, 4.69) is 29.1 Å². The Kier molecular flexibility index (Phi) is 6.01. The van der Waals surface area contributed by atoms with Gasteiger partial charge in [0.15, 0.2) is 0 Å². The lowest BCUT2D eigenvalue weighted by Gasteiger charge is -2.33. The molecule has 7 heteroatoms. The minimum Gasteiger partial charge on any atom is -0.337 e. The molecule has 1 aliphatic rings. The normalized spacial score (nSPS) is 18.7. The number of piperidine rings is 1. The minimum atomic E-state index is -3.29. The highest BCUT2D eigenvalue weighted by atomic mass is 32.2. The summed E-state index contributed by atoms with van der Waals surface area (Å²) in [4.78, 5) is 14.0. The second-order valence-electron chi connectivity index (χ2n) is 5.90. The number of likely N-dealkylation sites (tertiary alicyclic amines) is 1. The molecular formula is C16H25N3O3S. The van der Waals surface area contributed by atoms with Crippen LogP contribution in [-0.2, 0) is 10.0 Å². The predicted octanol–water partition coefficient (Wildman–Crippen LogP) is 1.43. The first-order chi connectivity index (χ1) is 10.9. The average Bonchev–Trinajstić information content (AvgIpc) is 2.55. The number of aryl methyl sites for hydroxylation is 1. The summed E-state index contributed by atoms with van der Waals surface area (Å²) in [5, 5.41) is 2.70. The van der Waals surface area contributed by atoms with Crippen molar-refractivity contribution in [3.63, 3.8) is 0 Å². The van der Waals surface area contributed by atoms with Crippen molar-refractivity contribution in [2.24, 2.45) is 0 Å². The van der Waals surface area contributed by atoms with Crippen molar-refractivity contribution in [1.29, 1.82) is 0 Å². The van der Waals surface area contributed by atoms with E-state index in [-0.39, 0.29) is 18.3 Å². The Morgan fingerprint density at radius 3 is 2.78 bits per heavy atom. The summed E-state index contributed by atoms with van der Waals surface area (Å²) in [6.07, 6.45) is 2.03. The molecule has 2 rings (SSSR count). The van der Waals surface area contributed by atoms with Crippen LogP contribution in [0, 0.1) is 6.92 Å². The first kappa shape index (κ1) is 17.7. The van der Waals surface area contributed by atoms with Gasteiger partial charge in [0, 0.05) is 25.6 Å². The van der Waals surface area contributed by atoms with Crippen molar-refractivity contribution in [2.45, 2.75) is 25.7 Å². The van der Waals surface area contributed by atoms with Crippen LogP contribution in [0.1, 0.15) is 29.9 Å². The van der Waals surface area contributed by atoms with Gasteiger partial charge in [0.25, 0.3) is 0 Å². The van der Waals surface area contributed by atoms with Crippen LogP contribution in [0.25, 0.3) is 0 Å². The molecule has 0 aromatic heterocycles. The zero-order chi connectivity index (χ0) is 16.9. The van der Waals surface area contributed by atoms with Gasteiger partial charge in [-0.2, -0.15) is 0 Å². The van der Waals surface area contributed by atoms with Gasteiger partial charge in [-0.05, 0) is 37.9 Å². The molecule has 0 spiro atoms. The largest absolute Gasteiger partial charge is 0.337 e. The van der Waals surface area contributed by atoms with Gasteiger partial charge in [-0.1, -0.05) is 24.3 Å². The highest BCUT2D eigenvalue weighted by Gasteiger charge is 2.25. The lowest BCUT2D eigenvalue weighted by atomic mass is 9.88. The van der Waals surface area contributed by atoms with Crippen LogP contribution in [0.3, 0.4) is 0 Å². The zero-order valence-electron chi connectivity index (χ0n) is 13.7. The first-order valence-corrected chi connectivity index (χ1v) is 9.57. The van der Waals surface area contributed by atoms with Crippen LogP contribution in [0.2, 0.25) is 0 Å². The second kappa shape index (κ2) is 7.79. The van der Waals surface area contributed by atoms with Crippen molar-refractivity contribution in [3.8, 4) is 0 Å². The third-order valence-electron chi connectivity index (χ3n) is 4.29. The lowest BCUT2D eigenvalue weighted by molar-refractivity contribution is 0.180. The van der Waals surface area contributed by atoms with E-state index in [9.17, 15) is 13.2 Å². The van der Waals surface area contributed by atoms with Gasteiger partial charge in [0.2, 0.25) is 10.0 Å². The number of hydrogen-bond acceptors (Lipinski definition) is 3. The van der Waals surface area contributed by atoms with Gasteiger partial charge in [-0.25, -0.2) is 17.9 Å². The van der Waals surface area contributed by atoms with Crippen LogP contribution in [0.15, 0.2) is 24.3 Å². The van der Waals surface area contributed by atoms with E-state index < -0.39 is 10.0 Å². The van der Waals surface area contributed by atoms with Gasteiger partial charge >= 0.3 is 6.03 Å². The van der Waals surface area contributed by atoms with Crippen LogP contribution >= 0.6 is 0 Å². The third-order valence-corrected chi connectivity index (χ3v) is 5.66. The van der Waals surface area contributed by atoms with Crippen molar-refractivity contribution < 1.29 is 13.2 Å². The molecule has 1 fully saturated rings. The summed E-state index contributed by atoms with van der Waals surface area (Å²) >= 11 is 0. The molecule has 1 aromatic rings. The monoisotopic (exact) mass is 339 g/mol. The topological polar surface area (TPSA) is 78.5 Å². The van der Waals surface area contributed by atoms with Crippen LogP contribution < -0.4 is 10.0 Å². The number of carbonyl (C=O) groups is 1. The number of rotatable bonds is 5. The smallest absolute Gasteiger partial charge is 0.317 e. The SMILES string of the molecule is CNS(=O)(=O)CCNC(=O)N1CCCC(c2ccccc2C)C1. The Labute approximate surface area is 138 Å². The van der Waals surface area contributed by atoms with E-state index in [1.165, 1.54) is 18.2 Å². The quantitative estimate of drug-likeness (QED) is 0.852. The number of amides is 2. The highest BCUT2D eigenvalue weighted by Crippen LogP contribution is 2.28. The molecule has 2 amide bonds. The van der Waals surface area contributed by atoms with E-state index in [0.29, 0.717) is 19.0 Å². The summed E-state index contributed by atoms with van der Waals surface area (Å²) in [7, 11) is -1.92. The summed E-state index contributed by atoms with van der Waals surface area (Å²) in [5.41, 5.74) is 2.54. The van der Waals surface area contributed by atoms with Gasteiger partial charge in [0.05, 0.1) is 5.75 Å². The molecule has 0 saturated carbocycles. The van der Waals surface area contributed by atoms with E-state index in [4.69, 9.17) is 0 Å². The molecule has 0 aliphatic carbocycles. The van der Waals surface area contributed by atoms with E-state index in [0.717, 1.165) is 12.8 Å². The maximum Gasteiger partial charge on any atom is 0.317 e. The number of nitrogens with zero attached hydrogens (tertiary/aromatic N) is 1. The lowest BCUT2D eigenvalue weighted by Crippen LogP contribution is -2.46. The summed E-state index contributed by atoms with van der Waals surface area (Å²) in [5.74, 6) is 0.237. The Balaban J connectivity index is 1.91. The minimum absolute atomic E-state index is 0.107. The molecule has 1 atom stereocenters. The molecule has 1 aromatic carbocycles. The zero-order valence-corrected chi connectivity index (χ0v) is 14.5. The number of sulfonamides is 1. The van der Waals surface area contributed by atoms with Gasteiger partial charge in [-0.15, -0.1) is 0 Å². The van der Waals surface area contributed by atoms with E-state index in [1.807, 2.05) is 12.1 Å². The van der Waals surface area contributed by atoms with Crippen LogP contribution in [-0.4, -0.2) is 51.8 Å². The maximum absolute atomic E-state index is 12.2. The molecule has 128 valence electrons. The molecular weight excluding hydrogens is 314 g/mol. The fourth-order valence-corrected chi connectivity index (χ4v) is 3.54. The highest BCUT2D eigenvalue weighted by molar-refractivity contribution is 7.89. The van der Waals surface area contributed by atoms with Gasteiger partial charge < -0.3 is 10.2 Å². The molecule has 0 radical (unpaired) electrons. The summed E-state index contributed by atoms with van der Waals surface area (Å²) < 4.78 is 24.9. The molecule has 23 heavy (non-hydrogen) atoms. The Bertz CT molecular complexity index is 646. The van der Waals surface area contributed by atoms with Crippen molar-refractivity contribution in [3.05, 3.63) is 35.4 Å². The molecule has 6 nitrogen and oxygen atoms in total. The summed E-state index contributed by atoms with van der Waals surface area (Å²) in [6.45, 7) is 3.60. The number of benzene rings is 1. The third kappa shape index (κ3) is 4.94. The Hall–Kier alpha value is -1.60. The second-order valence-corrected chi connectivity index (χ2v) is 7.94. The summed E-state index contributed by atoms with van der Waals surface area (Å²) in [6, 6.07) is 8.09. The van der Waals surface area contributed by atoms with Crippen LogP contribution in [0.4, 0.5) is 4.79 Å². The fourth-order valence-electron chi connectivity index (χ4n) is 2.97. The fraction of sp³-hybridized carbons (Fsp3) is 0.562. The standard InChI is InChI=1S/C16H25N3O3S/c1-13-6-3-4-8-15(13)14-7-5-10-19(12-14)16(20)18-9-11-23(21,22)17-2/h3-4,6,8,14,17H,5,7,9-12H2,1-2H3,(H,18,20). The number of hydrogen-bond donors (Lipinski definition) is 2. The van der Waals surface area contributed by atoms with Gasteiger partial charge in [0.1, 0.15) is 0 Å². The molecule has 1 saturated heterocycles. The van der Waals surface area contributed by atoms with Crippen molar-refractivity contribution in [2.75, 3.05) is 32.4 Å². The van der Waals surface area contributed by atoms with Crippen LogP contribution in [0.5, 0.6) is 0 Å². The first-order valence-electron chi connectivity index (χ1n) is 7.92. The predicted molar refractivity (Wildman–Crippen MR) is 91.0 cm³/mol. The molecule has 1 aliphatic heterocycles. The van der Waals surface area contributed by atoms with E-state index in [1.54, 1.807) is 4.90 Å². The number of carbonyl (C=O) groups excluding carboxylic acids is 1. The Morgan fingerprint density at radius 1 is 1.35 bits per heavy atom. The molecule has 1 unspecified atom stereocenters.